The molecule has 3 nitrogen and oxygen atoms in total. The Morgan fingerprint density at radius 1 is 1.27 bits per heavy atom. The molecule has 0 radical (unpaired) electrons. The molecule has 15 heavy (non-hydrogen) atoms. The second kappa shape index (κ2) is 4.70. The molecule has 1 heterocycles. The van der Waals surface area contributed by atoms with E-state index in [1.165, 1.54) is 5.57 Å². The van der Waals surface area contributed by atoms with Crippen molar-refractivity contribution in [3.05, 3.63) is 35.9 Å². The van der Waals surface area contributed by atoms with E-state index >= 15 is 0 Å². The highest BCUT2D eigenvalue weighted by Gasteiger charge is 2.06. The molecular formula is C11H12O3S. The zero-order chi connectivity index (χ0) is 10.7. The van der Waals surface area contributed by atoms with Gasteiger partial charge >= 0.3 is 0 Å². The first-order valence-electron chi connectivity index (χ1n) is 4.75. The molecule has 0 aromatic heterocycles. The molecule has 1 N–H and O–H groups in total. The standard InChI is InChI=1S/C11H12O3S/c12-15(13)11-3-1-9(2-4-11)10-5-7-14-8-6-10/h1-5H,6-8H2,(H,12,13). The van der Waals surface area contributed by atoms with Crippen LogP contribution in [0.5, 0.6) is 0 Å². The summed E-state index contributed by atoms with van der Waals surface area (Å²) in [6.07, 6.45) is 2.95. The Morgan fingerprint density at radius 3 is 2.53 bits per heavy atom. The highest BCUT2D eigenvalue weighted by Crippen LogP contribution is 2.21. The lowest BCUT2D eigenvalue weighted by molar-refractivity contribution is 0.161. The third-order valence-corrected chi connectivity index (χ3v) is 3.07. The van der Waals surface area contributed by atoms with E-state index in [1.807, 2.05) is 12.1 Å². The number of hydrogen-bond donors (Lipinski definition) is 1. The Balaban J connectivity index is 2.23. The van der Waals surface area contributed by atoms with Gasteiger partial charge in [-0.15, -0.1) is 0 Å². The van der Waals surface area contributed by atoms with Crippen molar-refractivity contribution < 1.29 is 13.5 Å². The molecule has 1 aliphatic heterocycles. The van der Waals surface area contributed by atoms with Gasteiger partial charge in [0.1, 0.15) is 0 Å². The molecular weight excluding hydrogens is 212 g/mol. The molecule has 4 heteroatoms. The van der Waals surface area contributed by atoms with E-state index in [0.717, 1.165) is 18.6 Å². The summed E-state index contributed by atoms with van der Waals surface area (Å²) in [5.74, 6) is 0. The molecule has 0 saturated heterocycles. The smallest absolute Gasteiger partial charge is 0.186 e. The van der Waals surface area contributed by atoms with Crippen LogP contribution in [0.3, 0.4) is 0 Å². The lowest BCUT2D eigenvalue weighted by Gasteiger charge is -2.13. The highest BCUT2D eigenvalue weighted by atomic mass is 32.2. The average Bonchev–Trinajstić information content (AvgIpc) is 2.30. The first-order valence-corrected chi connectivity index (χ1v) is 5.86. The molecule has 1 atom stereocenters. The van der Waals surface area contributed by atoms with Crippen LogP contribution < -0.4 is 0 Å². The summed E-state index contributed by atoms with van der Waals surface area (Å²) in [7, 11) is 0. The predicted molar refractivity (Wildman–Crippen MR) is 58.9 cm³/mol. The summed E-state index contributed by atoms with van der Waals surface area (Å²) < 4.78 is 24.8. The number of ether oxygens (including phenoxy) is 1. The molecule has 0 saturated carbocycles. The highest BCUT2D eigenvalue weighted by molar-refractivity contribution is 7.79. The largest absolute Gasteiger partial charge is 0.377 e. The van der Waals surface area contributed by atoms with E-state index in [9.17, 15) is 4.21 Å². The van der Waals surface area contributed by atoms with E-state index in [2.05, 4.69) is 6.08 Å². The van der Waals surface area contributed by atoms with Crippen molar-refractivity contribution in [3.63, 3.8) is 0 Å². The van der Waals surface area contributed by atoms with Gasteiger partial charge in [-0.05, 0) is 29.7 Å². The molecule has 1 aliphatic rings. The third kappa shape index (κ3) is 2.53. The van der Waals surface area contributed by atoms with Gasteiger partial charge in [0.05, 0.1) is 18.1 Å². The number of benzene rings is 1. The minimum Gasteiger partial charge on any atom is -0.377 e. The Morgan fingerprint density at radius 2 is 2.00 bits per heavy atom. The monoisotopic (exact) mass is 224 g/mol. The summed E-state index contributed by atoms with van der Waals surface area (Å²) in [6, 6.07) is 7.12. The maximum Gasteiger partial charge on any atom is 0.186 e. The van der Waals surface area contributed by atoms with Crippen LogP contribution in [0.1, 0.15) is 12.0 Å². The SMILES string of the molecule is O=S(O)c1ccc(C2=CCOCC2)cc1. The molecule has 80 valence electrons. The van der Waals surface area contributed by atoms with Crippen LogP contribution in [0, 0.1) is 0 Å². The fraction of sp³-hybridized carbons (Fsp3) is 0.273. The molecule has 0 aliphatic carbocycles. The Bertz CT molecular complexity index is 395. The molecule has 1 aromatic rings. The Hall–Kier alpha value is -0.970. The maximum atomic E-state index is 10.8. The van der Waals surface area contributed by atoms with Crippen LogP contribution in [-0.2, 0) is 15.8 Å². The lowest BCUT2D eigenvalue weighted by atomic mass is 10.0. The van der Waals surface area contributed by atoms with E-state index in [0.29, 0.717) is 11.5 Å². The molecule has 1 aromatic carbocycles. The number of rotatable bonds is 2. The van der Waals surface area contributed by atoms with Crippen molar-refractivity contribution in [1.29, 1.82) is 0 Å². The Labute approximate surface area is 91.1 Å². The number of hydrogen-bond acceptors (Lipinski definition) is 2. The predicted octanol–water partition coefficient (Wildman–Crippen LogP) is 2.07. The van der Waals surface area contributed by atoms with Gasteiger partial charge in [-0.25, -0.2) is 4.21 Å². The molecule has 2 rings (SSSR count). The minimum atomic E-state index is -1.89. The van der Waals surface area contributed by atoms with Crippen LogP contribution in [0.25, 0.3) is 5.57 Å². The maximum absolute atomic E-state index is 10.8. The van der Waals surface area contributed by atoms with Gasteiger partial charge < -0.3 is 9.29 Å². The quantitative estimate of drug-likeness (QED) is 0.782. The summed E-state index contributed by atoms with van der Waals surface area (Å²) in [4.78, 5) is 0.436. The normalized spacial score (nSPS) is 18.3. The summed E-state index contributed by atoms with van der Waals surface area (Å²) in [5.41, 5.74) is 2.35. The van der Waals surface area contributed by atoms with Crippen LogP contribution in [-0.4, -0.2) is 22.0 Å². The third-order valence-electron chi connectivity index (χ3n) is 2.39. The van der Waals surface area contributed by atoms with Gasteiger partial charge in [0.15, 0.2) is 11.1 Å². The van der Waals surface area contributed by atoms with Gasteiger partial charge in [0.2, 0.25) is 0 Å². The zero-order valence-corrected chi connectivity index (χ0v) is 9.00. The molecule has 0 bridgehead atoms. The van der Waals surface area contributed by atoms with E-state index in [1.54, 1.807) is 12.1 Å². The first-order chi connectivity index (χ1) is 7.27. The summed E-state index contributed by atoms with van der Waals surface area (Å²) >= 11 is -1.89. The summed E-state index contributed by atoms with van der Waals surface area (Å²) in [5, 5.41) is 0. The zero-order valence-electron chi connectivity index (χ0n) is 8.18. The van der Waals surface area contributed by atoms with Gasteiger partial charge in [-0.1, -0.05) is 18.2 Å². The second-order valence-electron chi connectivity index (χ2n) is 3.33. The van der Waals surface area contributed by atoms with Crippen molar-refractivity contribution >= 4 is 16.7 Å². The van der Waals surface area contributed by atoms with Gasteiger partial charge in [0.25, 0.3) is 0 Å². The van der Waals surface area contributed by atoms with Gasteiger partial charge in [0, 0.05) is 0 Å². The van der Waals surface area contributed by atoms with Crippen molar-refractivity contribution in [2.24, 2.45) is 0 Å². The second-order valence-corrected chi connectivity index (χ2v) is 4.30. The first kappa shape index (κ1) is 10.5. The molecule has 0 spiro atoms. The fourth-order valence-electron chi connectivity index (χ4n) is 1.57. The van der Waals surface area contributed by atoms with Crippen LogP contribution in [0.15, 0.2) is 35.2 Å². The van der Waals surface area contributed by atoms with Crippen molar-refractivity contribution in [1.82, 2.24) is 0 Å². The van der Waals surface area contributed by atoms with Crippen LogP contribution >= 0.6 is 0 Å². The van der Waals surface area contributed by atoms with Gasteiger partial charge in [-0.2, -0.15) is 0 Å². The van der Waals surface area contributed by atoms with Crippen molar-refractivity contribution in [2.45, 2.75) is 11.3 Å². The van der Waals surface area contributed by atoms with Crippen molar-refractivity contribution in [2.75, 3.05) is 13.2 Å². The molecule has 1 unspecified atom stereocenters. The molecule has 0 amide bonds. The fourth-order valence-corrected chi connectivity index (χ4v) is 1.94. The average molecular weight is 224 g/mol. The van der Waals surface area contributed by atoms with E-state index in [4.69, 9.17) is 9.29 Å². The summed E-state index contributed by atoms with van der Waals surface area (Å²) in [6.45, 7) is 1.41. The van der Waals surface area contributed by atoms with Gasteiger partial charge in [-0.3, -0.25) is 0 Å². The Kier molecular flexibility index (Phi) is 3.30. The molecule has 0 fully saturated rings. The van der Waals surface area contributed by atoms with Crippen molar-refractivity contribution in [3.8, 4) is 0 Å². The van der Waals surface area contributed by atoms with E-state index in [-0.39, 0.29) is 0 Å². The van der Waals surface area contributed by atoms with E-state index < -0.39 is 11.1 Å². The minimum absolute atomic E-state index is 0.436. The van der Waals surface area contributed by atoms with Crippen LogP contribution in [0.4, 0.5) is 0 Å². The topological polar surface area (TPSA) is 46.5 Å². The van der Waals surface area contributed by atoms with Crippen LogP contribution in [0.2, 0.25) is 0 Å². The lowest BCUT2D eigenvalue weighted by Crippen LogP contribution is -2.03.